The van der Waals surface area contributed by atoms with Crippen LogP contribution in [0.25, 0.3) is 0 Å². The van der Waals surface area contributed by atoms with Crippen LogP contribution in [0.4, 0.5) is 5.69 Å². The highest BCUT2D eigenvalue weighted by atomic mass is 16.5. The Morgan fingerprint density at radius 2 is 2.09 bits per heavy atom. The number of anilines is 1. The Morgan fingerprint density at radius 3 is 2.74 bits per heavy atom. The van der Waals surface area contributed by atoms with E-state index in [9.17, 15) is 9.59 Å². The Bertz CT molecular complexity index is 576. The molecule has 0 spiro atoms. The number of hydrogen-bond donors (Lipinski definition) is 3. The number of primary amides is 1. The lowest BCUT2D eigenvalue weighted by Gasteiger charge is -2.18. The van der Waals surface area contributed by atoms with Crippen LogP contribution < -0.4 is 26.3 Å². The van der Waals surface area contributed by atoms with Gasteiger partial charge < -0.3 is 26.3 Å². The van der Waals surface area contributed by atoms with Crippen LogP contribution in [-0.2, 0) is 9.59 Å². The largest absolute Gasteiger partial charge is 0.493 e. The van der Waals surface area contributed by atoms with Crippen molar-refractivity contribution < 1.29 is 19.1 Å². The lowest BCUT2D eigenvalue weighted by molar-refractivity contribution is -0.121. The first-order valence-electron chi connectivity index (χ1n) is 7.65. The van der Waals surface area contributed by atoms with Gasteiger partial charge in [-0.25, -0.2) is 0 Å². The number of benzene rings is 1. The molecule has 0 heterocycles. The predicted molar refractivity (Wildman–Crippen MR) is 86.2 cm³/mol. The van der Waals surface area contributed by atoms with E-state index < -0.39 is 5.91 Å². The van der Waals surface area contributed by atoms with Gasteiger partial charge in [0, 0.05) is 17.7 Å². The summed E-state index contributed by atoms with van der Waals surface area (Å²) in [5, 5.41) is 2.88. The lowest BCUT2D eigenvalue weighted by Crippen LogP contribution is -2.29. The second-order valence-corrected chi connectivity index (χ2v) is 5.64. The summed E-state index contributed by atoms with van der Waals surface area (Å²) in [6, 6.07) is 5.01. The number of amides is 2. The molecule has 0 aromatic heterocycles. The van der Waals surface area contributed by atoms with Crippen molar-refractivity contribution in [2.75, 3.05) is 25.6 Å². The van der Waals surface area contributed by atoms with Crippen molar-refractivity contribution in [1.82, 2.24) is 0 Å². The molecule has 7 heteroatoms. The van der Waals surface area contributed by atoms with E-state index in [0.29, 0.717) is 23.7 Å². The third-order valence-electron chi connectivity index (χ3n) is 4.10. The standard InChI is InChI=1S/C16H23N3O4/c1-22-13-6-5-11(7-14(13)23-9-15(18)20)19-16(21)12-4-2-3-10(12)8-17/h5-7,10,12H,2-4,8-9,17H2,1H3,(H2,18,20)(H,19,21)/t10-,12-/m1/s1. The van der Waals surface area contributed by atoms with Crippen molar-refractivity contribution in [3.05, 3.63) is 18.2 Å². The highest BCUT2D eigenvalue weighted by Gasteiger charge is 2.31. The third kappa shape index (κ3) is 4.35. The number of nitrogens with two attached hydrogens (primary N) is 2. The second-order valence-electron chi connectivity index (χ2n) is 5.64. The minimum absolute atomic E-state index is 0.0380. The molecule has 0 saturated heterocycles. The van der Waals surface area contributed by atoms with Crippen LogP contribution in [0.15, 0.2) is 18.2 Å². The Kier molecular flexibility index (Phi) is 5.81. The maximum atomic E-state index is 12.4. The minimum Gasteiger partial charge on any atom is -0.493 e. The molecule has 0 radical (unpaired) electrons. The summed E-state index contributed by atoms with van der Waals surface area (Å²) in [5.74, 6) is 0.369. The van der Waals surface area contributed by atoms with Crippen molar-refractivity contribution in [2.24, 2.45) is 23.3 Å². The molecule has 23 heavy (non-hydrogen) atoms. The van der Waals surface area contributed by atoms with Crippen LogP contribution in [0, 0.1) is 11.8 Å². The summed E-state index contributed by atoms with van der Waals surface area (Å²) >= 11 is 0. The first-order valence-corrected chi connectivity index (χ1v) is 7.65. The van der Waals surface area contributed by atoms with Gasteiger partial charge in [0.1, 0.15) is 0 Å². The normalized spacial score (nSPS) is 20.1. The predicted octanol–water partition coefficient (Wildman–Crippen LogP) is 0.873. The molecule has 126 valence electrons. The van der Waals surface area contributed by atoms with Gasteiger partial charge in [0.25, 0.3) is 5.91 Å². The van der Waals surface area contributed by atoms with Crippen molar-refractivity contribution in [3.8, 4) is 11.5 Å². The maximum absolute atomic E-state index is 12.4. The topological polar surface area (TPSA) is 117 Å². The van der Waals surface area contributed by atoms with Gasteiger partial charge in [-0.15, -0.1) is 0 Å². The van der Waals surface area contributed by atoms with Gasteiger partial charge in [0.15, 0.2) is 18.1 Å². The highest BCUT2D eigenvalue weighted by Crippen LogP contribution is 2.33. The highest BCUT2D eigenvalue weighted by molar-refractivity contribution is 5.93. The minimum atomic E-state index is -0.585. The van der Waals surface area contributed by atoms with E-state index in [1.165, 1.54) is 7.11 Å². The van der Waals surface area contributed by atoms with E-state index in [1.54, 1.807) is 18.2 Å². The molecule has 0 unspecified atom stereocenters. The summed E-state index contributed by atoms with van der Waals surface area (Å²) in [6.07, 6.45) is 2.87. The Balaban J connectivity index is 2.08. The van der Waals surface area contributed by atoms with Crippen LogP contribution in [0.2, 0.25) is 0 Å². The molecule has 2 atom stereocenters. The number of rotatable bonds is 7. The molecular weight excluding hydrogens is 298 g/mol. The van der Waals surface area contributed by atoms with Crippen LogP contribution >= 0.6 is 0 Å². The molecule has 1 aromatic carbocycles. The molecule has 1 aliphatic carbocycles. The van der Waals surface area contributed by atoms with Gasteiger partial charge in [-0.05, 0) is 37.4 Å². The SMILES string of the molecule is COc1ccc(NC(=O)[C@@H]2CCC[C@@H]2CN)cc1OCC(N)=O. The summed E-state index contributed by atoms with van der Waals surface area (Å²) in [7, 11) is 1.50. The number of methoxy groups -OCH3 is 1. The Hall–Kier alpha value is -2.28. The molecule has 0 aliphatic heterocycles. The Morgan fingerprint density at radius 1 is 1.30 bits per heavy atom. The zero-order chi connectivity index (χ0) is 16.8. The number of nitrogens with one attached hydrogen (secondary N) is 1. The van der Waals surface area contributed by atoms with E-state index in [-0.39, 0.29) is 24.3 Å². The van der Waals surface area contributed by atoms with Crippen LogP contribution in [0.1, 0.15) is 19.3 Å². The average Bonchev–Trinajstić information content (AvgIpc) is 3.01. The fraction of sp³-hybridized carbons (Fsp3) is 0.500. The molecular formula is C16H23N3O4. The summed E-state index contributed by atoms with van der Waals surface area (Å²) in [5.41, 5.74) is 11.4. The van der Waals surface area contributed by atoms with Crippen LogP contribution in [0.5, 0.6) is 11.5 Å². The molecule has 1 saturated carbocycles. The summed E-state index contributed by atoms with van der Waals surface area (Å²) in [4.78, 5) is 23.3. The van der Waals surface area contributed by atoms with Crippen molar-refractivity contribution in [3.63, 3.8) is 0 Å². The van der Waals surface area contributed by atoms with Crippen LogP contribution in [-0.4, -0.2) is 32.1 Å². The number of carbonyl (C=O) groups excluding carboxylic acids is 2. The zero-order valence-electron chi connectivity index (χ0n) is 13.2. The lowest BCUT2D eigenvalue weighted by atomic mass is 9.95. The van der Waals surface area contributed by atoms with E-state index in [0.717, 1.165) is 19.3 Å². The van der Waals surface area contributed by atoms with Gasteiger partial charge in [0.05, 0.1) is 7.11 Å². The molecule has 0 bridgehead atoms. The van der Waals surface area contributed by atoms with Crippen molar-refractivity contribution >= 4 is 17.5 Å². The van der Waals surface area contributed by atoms with E-state index >= 15 is 0 Å². The molecule has 2 rings (SSSR count). The molecule has 2 amide bonds. The summed E-state index contributed by atoms with van der Waals surface area (Å²) in [6.45, 7) is 0.263. The quantitative estimate of drug-likeness (QED) is 0.689. The monoisotopic (exact) mass is 321 g/mol. The smallest absolute Gasteiger partial charge is 0.255 e. The zero-order valence-corrected chi connectivity index (χ0v) is 13.2. The number of hydrogen-bond acceptors (Lipinski definition) is 5. The maximum Gasteiger partial charge on any atom is 0.255 e. The fourth-order valence-electron chi connectivity index (χ4n) is 2.92. The van der Waals surface area contributed by atoms with E-state index in [4.69, 9.17) is 20.9 Å². The molecule has 1 aromatic rings. The molecule has 1 fully saturated rings. The molecule has 7 nitrogen and oxygen atoms in total. The van der Waals surface area contributed by atoms with E-state index in [1.807, 2.05) is 0 Å². The Labute approximate surface area is 135 Å². The molecule has 1 aliphatic rings. The van der Waals surface area contributed by atoms with Crippen molar-refractivity contribution in [1.29, 1.82) is 0 Å². The van der Waals surface area contributed by atoms with Gasteiger partial charge in [-0.3, -0.25) is 9.59 Å². The molecule has 5 N–H and O–H groups in total. The van der Waals surface area contributed by atoms with E-state index in [2.05, 4.69) is 5.32 Å². The first-order chi connectivity index (χ1) is 11.0. The number of ether oxygens (including phenoxy) is 2. The number of carbonyl (C=O) groups is 2. The third-order valence-corrected chi connectivity index (χ3v) is 4.10. The first kappa shape index (κ1) is 17.1. The van der Waals surface area contributed by atoms with Gasteiger partial charge >= 0.3 is 0 Å². The van der Waals surface area contributed by atoms with Crippen molar-refractivity contribution in [2.45, 2.75) is 19.3 Å². The van der Waals surface area contributed by atoms with Crippen LogP contribution in [0.3, 0.4) is 0 Å². The summed E-state index contributed by atoms with van der Waals surface area (Å²) < 4.78 is 10.5. The van der Waals surface area contributed by atoms with Gasteiger partial charge in [0.2, 0.25) is 5.91 Å². The average molecular weight is 321 g/mol. The second kappa shape index (κ2) is 7.82. The van der Waals surface area contributed by atoms with Gasteiger partial charge in [-0.1, -0.05) is 6.42 Å². The fourth-order valence-corrected chi connectivity index (χ4v) is 2.92. The van der Waals surface area contributed by atoms with Gasteiger partial charge in [-0.2, -0.15) is 0 Å².